The predicted molar refractivity (Wildman–Crippen MR) is 84.6 cm³/mol. The molecule has 4 nitrogen and oxygen atoms in total. The van der Waals surface area contributed by atoms with Gasteiger partial charge in [-0.3, -0.25) is 4.79 Å². The van der Waals surface area contributed by atoms with E-state index in [1.807, 2.05) is 36.6 Å². The molecule has 0 spiro atoms. The van der Waals surface area contributed by atoms with Crippen molar-refractivity contribution in [1.29, 1.82) is 0 Å². The molecule has 5 heteroatoms. The molecule has 0 saturated heterocycles. The molecular weight excluding hydrogens is 284 g/mol. The molecule has 0 aliphatic heterocycles. The van der Waals surface area contributed by atoms with Crippen molar-refractivity contribution >= 4 is 17.2 Å². The monoisotopic (exact) mass is 304 g/mol. The molecule has 0 aliphatic carbocycles. The summed E-state index contributed by atoms with van der Waals surface area (Å²) in [7, 11) is 0. The van der Waals surface area contributed by atoms with Crippen LogP contribution in [0.15, 0.2) is 29.6 Å². The topological polar surface area (TPSA) is 51.2 Å². The number of benzene rings is 1. The van der Waals surface area contributed by atoms with Crippen LogP contribution in [0.4, 0.5) is 0 Å². The van der Waals surface area contributed by atoms with E-state index < -0.39 is 6.10 Å². The van der Waals surface area contributed by atoms with Crippen LogP contribution in [-0.4, -0.2) is 17.0 Å². The summed E-state index contributed by atoms with van der Waals surface area (Å²) in [5.41, 5.74) is 2.13. The highest BCUT2D eigenvalue weighted by Crippen LogP contribution is 2.14. The van der Waals surface area contributed by atoms with Crippen molar-refractivity contribution in [3.8, 4) is 5.75 Å². The minimum absolute atomic E-state index is 0.139. The molecule has 1 aromatic carbocycles. The fourth-order valence-corrected chi connectivity index (χ4v) is 2.48. The van der Waals surface area contributed by atoms with Crippen molar-refractivity contribution in [3.05, 3.63) is 45.9 Å². The number of aromatic nitrogens is 1. The lowest BCUT2D eigenvalue weighted by Crippen LogP contribution is -2.35. The van der Waals surface area contributed by atoms with Gasteiger partial charge in [-0.1, -0.05) is 19.1 Å². The number of nitrogens with zero attached hydrogens (tertiary/aromatic N) is 1. The van der Waals surface area contributed by atoms with Crippen LogP contribution in [0.2, 0.25) is 0 Å². The van der Waals surface area contributed by atoms with Crippen LogP contribution in [0.5, 0.6) is 5.75 Å². The molecule has 112 valence electrons. The lowest BCUT2D eigenvalue weighted by Gasteiger charge is -2.14. The Hall–Kier alpha value is -1.88. The van der Waals surface area contributed by atoms with Crippen LogP contribution in [0, 0.1) is 6.92 Å². The molecule has 1 amide bonds. The Morgan fingerprint density at radius 3 is 2.67 bits per heavy atom. The molecule has 0 saturated carbocycles. The summed E-state index contributed by atoms with van der Waals surface area (Å²) >= 11 is 1.58. The van der Waals surface area contributed by atoms with Crippen LogP contribution < -0.4 is 10.1 Å². The summed E-state index contributed by atoms with van der Waals surface area (Å²) in [6.45, 7) is 6.23. The number of aryl methyl sites for hydroxylation is 2. The van der Waals surface area contributed by atoms with Gasteiger partial charge in [0.1, 0.15) is 5.75 Å². The van der Waals surface area contributed by atoms with E-state index in [4.69, 9.17) is 4.74 Å². The maximum absolute atomic E-state index is 12.0. The van der Waals surface area contributed by atoms with Crippen molar-refractivity contribution in [1.82, 2.24) is 10.3 Å². The van der Waals surface area contributed by atoms with Crippen LogP contribution >= 0.6 is 11.3 Å². The van der Waals surface area contributed by atoms with Gasteiger partial charge in [-0.25, -0.2) is 4.98 Å². The summed E-state index contributed by atoms with van der Waals surface area (Å²) in [6, 6.07) is 7.81. The third-order valence-corrected chi connectivity index (χ3v) is 3.95. The molecule has 0 radical (unpaired) electrons. The summed E-state index contributed by atoms with van der Waals surface area (Å²) in [6.07, 6.45) is 0.459. The maximum Gasteiger partial charge on any atom is 0.261 e. The highest BCUT2D eigenvalue weighted by molar-refractivity contribution is 7.09. The Balaban J connectivity index is 1.83. The largest absolute Gasteiger partial charge is 0.481 e. The average molecular weight is 304 g/mol. The zero-order valence-corrected chi connectivity index (χ0v) is 13.4. The number of carbonyl (C=O) groups is 1. The fraction of sp³-hybridized carbons (Fsp3) is 0.375. The third-order valence-electron chi connectivity index (χ3n) is 3.12. The zero-order valence-electron chi connectivity index (χ0n) is 12.6. The first kappa shape index (κ1) is 15.5. The fourth-order valence-electron chi connectivity index (χ4n) is 1.87. The normalized spacial score (nSPS) is 12.0. The summed E-state index contributed by atoms with van der Waals surface area (Å²) in [5, 5.41) is 5.78. The molecule has 1 aromatic heterocycles. The third kappa shape index (κ3) is 4.56. The van der Waals surface area contributed by atoms with Gasteiger partial charge in [-0.2, -0.15) is 0 Å². The van der Waals surface area contributed by atoms with Crippen molar-refractivity contribution in [3.63, 3.8) is 0 Å². The number of nitrogens with one attached hydrogen (secondary N) is 1. The second-order valence-electron chi connectivity index (χ2n) is 4.83. The van der Waals surface area contributed by atoms with Crippen LogP contribution in [0.25, 0.3) is 0 Å². The van der Waals surface area contributed by atoms with Gasteiger partial charge in [0, 0.05) is 5.38 Å². The Morgan fingerprint density at radius 2 is 2.10 bits per heavy atom. The van der Waals surface area contributed by atoms with Gasteiger partial charge in [0.25, 0.3) is 5.91 Å². The number of hydrogen-bond donors (Lipinski definition) is 1. The van der Waals surface area contributed by atoms with Crippen molar-refractivity contribution < 1.29 is 9.53 Å². The number of ether oxygens (including phenoxy) is 1. The van der Waals surface area contributed by atoms with Crippen molar-refractivity contribution in [2.45, 2.75) is 39.8 Å². The van der Waals surface area contributed by atoms with E-state index in [0.29, 0.717) is 12.3 Å². The van der Waals surface area contributed by atoms with E-state index in [-0.39, 0.29) is 5.91 Å². The number of hydrogen-bond acceptors (Lipinski definition) is 4. The smallest absolute Gasteiger partial charge is 0.261 e. The molecule has 0 unspecified atom stereocenters. The van der Waals surface area contributed by atoms with E-state index in [1.165, 1.54) is 5.56 Å². The van der Waals surface area contributed by atoms with Gasteiger partial charge in [-0.05, 0) is 38.0 Å². The van der Waals surface area contributed by atoms with Gasteiger partial charge >= 0.3 is 0 Å². The molecule has 1 N–H and O–H groups in total. The Kier molecular flexibility index (Phi) is 5.33. The second kappa shape index (κ2) is 7.22. The van der Waals surface area contributed by atoms with E-state index >= 15 is 0 Å². The van der Waals surface area contributed by atoms with Crippen LogP contribution in [0.1, 0.15) is 30.1 Å². The lowest BCUT2D eigenvalue weighted by molar-refractivity contribution is -0.127. The summed E-state index contributed by atoms with van der Waals surface area (Å²) in [4.78, 5) is 16.3. The van der Waals surface area contributed by atoms with Crippen molar-refractivity contribution in [2.24, 2.45) is 0 Å². The van der Waals surface area contributed by atoms with E-state index in [0.717, 1.165) is 17.1 Å². The first-order valence-corrected chi connectivity index (χ1v) is 7.90. The molecule has 1 atom stereocenters. The standard InChI is InChI=1S/C16H20N2O2S/c1-4-13-5-7-15(8-6-13)20-11(2)16(19)17-9-14-10-21-12(3)18-14/h5-8,10-11H,4,9H2,1-3H3,(H,17,19)/t11-/m1/s1. The number of carbonyl (C=O) groups excluding carboxylic acids is 1. The first-order valence-electron chi connectivity index (χ1n) is 7.02. The molecular formula is C16H20N2O2S. The second-order valence-corrected chi connectivity index (χ2v) is 5.90. The molecule has 2 aromatic rings. The quantitative estimate of drug-likeness (QED) is 0.892. The molecule has 2 rings (SSSR count). The Morgan fingerprint density at radius 1 is 1.38 bits per heavy atom. The number of rotatable bonds is 6. The first-order chi connectivity index (χ1) is 10.1. The SMILES string of the molecule is CCc1ccc(O[C@H](C)C(=O)NCc2csc(C)n2)cc1. The minimum Gasteiger partial charge on any atom is -0.481 e. The van der Waals surface area contributed by atoms with Gasteiger partial charge in [0.2, 0.25) is 0 Å². The van der Waals surface area contributed by atoms with Crippen LogP contribution in [0.3, 0.4) is 0 Å². The predicted octanol–water partition coefficient (Wildman–Crippen LogP) is 3.10. The average Bonchev–Trinajstić information content (AvgIpc) is 2.91. The molecule has 21 heavy (non-hydrogen) atoms. The van der Waals surface area contributed by atoms with Gasteiger partial charge in [0.05, 0.1) is 17.2 Å². The van der Waals surface area contributed by atoms with Gasteiger partial charge in [-0.15, -0.1) is 11.3 Å². The minimum atomic E-state index is -0.530. The molecule has 0 fully saturated rings. The highest BCUT2D eigenvalue weighted by atomic mass is 32.1. The summed E-state index contributed by atoms with van der Waals surface area (Å²) < 4.78 is 5.64. The molecule has 0 bridgehead atoms. The van der Waals surface area contributed by atoms with E-state index in [9.17, 15) is 4.79 Å². The number of amides is 1. The molecule has 0 aliphatic rings. The highest BCUT2D eigenvalue weighted by Gasteiger charge is 2.14. The van der Waals surface area contributed by atoms with E-state index in [2.05, 4.69) is 17.2 Å². The summed E-state index contributed by atoms with van der Waals surface area (Å²) in [5.74, 6) is 0.569. The van der Waals surface area contributed by atoms with Gasteiger partial charge in [0.15, 0.2) is 6.10 Å². The molecule has 1 heterocycles. The zero-order chi connectivity index (χ0) is 15.2. The van der Waals surface area contributed by atoms with Crippen molar-refractivity contribution in [2.75, 3.05) is 0 Å². The van der Waals surface area contributed by atoms with Crippen LogP contribution in [-0.2, 0) is 17.8 Å². The Bertz CT molecular complexity index is 593. The lowest BCUT2D eigenvalue weighted by atomic mass is 10.2. The maximum atomic E-state index is 12.0. The van der Waals surface area contributed by atoms with Gasteiger partial charge < -0.3 is 10.1 Å². The van der Waals surface area contributed by atoms with E-state index in [1.54, 1.807) is 18.3 Å². The Labute approximate surface area is 129 Å². The number of thiazole rings is 1.